The Labute approximate surface area is 135 Å². The van der Waals surface area contributed by atoms with Crippen LogP contribution in [-0.4, -0.2) is 17.4 Å². The van der Waals surface area contributed by atoms with E-state index in [2.05, 4.69) is 10.3 Å². The first kappa shape index (κ1) is 15.2. The van der Waals surface area contributed by atoms with Crippen LogP contribution in [0.3, 0.4) is 0 Å². The van der Waals surface area contributed by atoms with Crippen molar-refractivity contribution >= 4 is 16.7 Å². The van der Waals surface area contributed by atoms with Crippen LogP contribution in [0.15, 0.2) is 60.9 Å². The second kappa shape index (κ2) is 6.58. The molecule has 0 bridgehead atoms. The standard InChI is InChI=1S/C19H19N3O/c1-13-2-4-14(5-3-13)18(11-20)22-19(23)16-6-7-17-12-21-9-8-15(17)10-16/h2-10,12,18H,11,20H2,1H3,(H,22,23). The van der Waals surface area contributed by atoms with Crippen molar-refractivity contribution in [3.8, 4) is 0 Å². The maximum atomic E-state index is 12.5. The molecule has 1 aromatic heterocycles. The van der Waals surface area contributed by atoms with Crippen molar-refractivity contribution in [2.75, 3.05) is 6.54 Å². The van der Waals surface area contributed by atoms with E-state index < -0.39 is 0 Å². The number of benzene rings is 2. The van der Waals surface area contributed by atoms with Crippen LogP contribution in [0.4, 0.5) is 0 Å². The number of nitrogens with two attached hydrogens (primary N) is 1. The van der Waals surface area contributed by atoms with Gasteiger partial charge in [-0.25, -0.2) is 0 Å². The van der Waals surface area contributed by atoms with Crippen LogP contribution in [0, 0.1) is 6.92 Å². The Morgan fingerprint density at radius 1 is 1.13 bits per heavy atom. The zero-order valence-electron chi connectivity index (χ0n) is 13.0. The fraction of sp³-hybridized carbons (Fsp3) is 0.158. The smallest absolute Gasteiger partial charge is 0.251 e. The van der Waals surface area contributed by atoms with Crippen molar-refractivity contribution in [3.05, 3.63) is 77.6 Å². The summed E-state index contributed by atoms with van der Waals surface area (Å²) in [5.41, 5.74) is 8.65. The Hall–Kier alpha value is -2.72. The van der Waals surface area contributed by atoms with Gasteiger partial charge in [-0.1, -0.05) is 35.9 Å². The van der Waals surface area contributed by atoms with Gasteiger partial charge >= 0.3 is 0 Å². The van der Waals surface area contributed by atoms with E-state index in [9.17, 15) is 4.79 Å². The lowest BCUT2D eigenvalue weighted by molar-refractivity contribution is 0.0938. The van der Waals surface area contributed by atoms with Gasteiger partial charge in [0.05, 0.1) is 6.04 Å². The first-order valence-corrected chi connectivity index (χ1v) is 7.58. The molecule has 0 aliphatic heterocycles. The lowest BCUT2D eigenvalue weighted by atomic mass is 10.0. The number of nitrogens with one attached hydrogen (secondary N) is 1. The summed E-state index contributed by atoms with van der Waals surface area (Å²) in [5, 5.41) is 5.01. The van der Waals surface area contributed by atoms with Crippen LogP contribution in [0.25, 0.3) is 10.8 Å². The molecule has 3 aromatic rings. The zero-order valence-corrected chi connectivity index (χ0v) is 13.0. The lowest BCUT2D eigenvalue weighted by Gasteiger charge is -2.17. The van der Waals surface area contributed by atoms with Crippen molar-refractivity contribution < 1.29 is 4.79 Å². The van der Waals surface area contributed by atoms with Crippen LogP contribution in [-0.2, 0) is 0 Å². The molecule has 2 aromatic carbocycles. The Kier molecular flexibility index (Phi) is 4.35. The third-order valence-electron chi connectivity index (χ3n) is 3.92. The van der Waals surface area contributed by atoms with Gasteiger partial charge < -0.3 is 11.1 Å². The fourth-order valence-corrected chi connectivity index (χ4v) is 2.54. The molecule has 1 amide bonds. The number of aryl methyl sites for hydroxylation is 1. The minimum Gasteiger partial charge on any atom is -0.344 e. The Balaban J connectivity index is 1.82. The number of hydrogen-bond donors (Lipinski definition) is 2. The van der Waals surface area contributed by atoms with Crippen LogP contribution in [0.1, 0.15) is 27.5 Å². The van der Waals surface area contributed by atoms with Gasteiger partial charge in [-0.3, -0.25) is 9.78 Å². The summed E-state index contributed by atoms with van der Waals surface area (Å²) in [6.45, 7) is 2.38. The monoisotopic (exact) mass is 305 g/mol. The number of pyridine rings is 1. The molecule has 3 rings (SSSR count). The summed E-state index contributed by atoms with van der Waals surface area (Å²) in [7, 11) is 0. The number of carbonyl (C=O) groups excluding carboxylic acids is 1. The lowest BCUT2D eigenvalue weighted by Crippen LogP contribution is -2.33. The summed E-state index contributed by atoms with van der Waals surface area (Å²) in [4.78, 5) is 16.6. The highest BCUT2D eigenvalue weighted by atomic mass is 16.1. The molecule has 23 heavy (non-hydrogen) atoms. The molecule has 3 N–H and O–H groups in total. The van der Waals surface area contributed by atoms with Crippen LogP contribution >= 0.6 is 0 Å². The predicted molar refractivity (Wildman–Crippen MR) is 92.2 cm³/mol. The summed E-state index contributed by atoms with van der Waals surface area (Å²) in [6, 6.07) is 15.3. The average molecular weight is 305 g/mol. The molecule has 1 unspecified atom stereocenters. The Bertz CT molecular complexity index is 827. The predicted octanol–water partition coefficient (Wildman–Crippen LogP) is 2.97. The summed E-state index contributed by atoms with van der Waals surface area (Å²) in [6.07, 6.45) is 3.50. The quantitative estimate of drug-likeness (QED) is 0.778. The van der Waals surface area contributed by atoms with Crippen molar-refractivity contribution in [2.24, 2.45) is 5.73 Å². The largest absolute Gasteiger partial charge is 0.344 e. The molecular formula is C19H19N3O. The average Bonchev–Trinajstić information content (AvgIpc) is 2.60. The summed E-state index contributed by atoms with van der Waals surface area (Å²) >= 11 is 0. The van der Waals surface area contributed by atoms with Crippen molar-refractivity contribution in [2.45, 2.75) is 13.0 Å². The summed E-state index contributed by atoms with van der Waals surface area (Å²) < 4.78 is 0. The van der Waals surface area contributed by atoms with Gasteiger partial charge in [-0.05, 0) is 36.1 Å². The van der Waals surface area contributed by atoms with Gasteiger partial charge in [-0.2, -0.15) is 0 Å². The number of hydrogen-bond acceptors (Lipinski definition) is 3. The second-order valence-corrected chi connectivity index (χ2v) is 5.61. The van der Waals surface area contributed by atoms with Crippen molar-refractivity contribution in [1.29, 1.82) is 0 Å². The van der Waals surface area contributed by atoms with Crippen LogP contribution in [0.2, 0.25) is 0 Å². The minimum absolute atomic E-state index is 0.125. The Morgan fingerprint density at radius 2 is 1.91 bits per heavy atom. The number of nitrogens with zero attached hydrogens (tertiary/aromatic N) is 1. The van der Waals surface area contributed by atoms with Gasteiger partial charge in [0.15, 0.2) is 0 Å². The van der Waals surface area contributed by atoms with E-state index >= 15 is 0 Å². The van der Waals surface area contributed by atoms with Crippen LogP contribution in [0.5, 0.6) is 0 Å². The Morgan fingerprint density at radius 3 is 2.65 bits per heavy atom. The fourth-order valence-electron chi connectivity index (χ4n) is 2.54. The number of carbonyl (C=O) groups is 1. The highest BCUT2D eigenvalue weighted by Crippen LogP contribution is 2.17. The van der Waals surface area contributed by atoms with Gasteiger partial charge in [0, 0.05) is 29.9 Å². The molecule has 0 spiro atoms. The maximum Gasteiger partial charge on any atom is 0.251 e. The molecule has 4 nitrogen and oxygen atoms in total. The topological polar surface area (TPSA) is 68.0 Å². The molecule has 0 fully saturated rings. The van der Waals surface area contributed by atoms with E-state index in [1.54, 1.807) is 12.4 Å². The molecule has 0 aliphatic carbocycles. The van der Waals surface area contributed by atoms with Crippen LogP contribution < -0.4 is 11.1 Å². The second-order valence-electron chi connectivity index (χ2n) is 5.61. The molecule has 0 radical (unpaired) electrons. The van der Waals surface area contributed by atoms with E-state index in [0.717, 1.165) is 16.3 Å². The first-order valence-electron chi connectivity index (χ1n) is 7.58. The van der Waals surface area contributed by atoms with Gasteiger partial charge in [0.2, 0.25) is 0 Å². The van der Waals surface area contributed by atoms with E-state index in [1.807, 2.05) is 55.5 Å². The third-order valence-corrected chi connectivity index (χ3v) is 3.92. The van der Waals surface area contributed by atoms with Crippen molar-refractivity contribution in [1.82, 2.24) is 10.3 Å². The molecule has 1 atom stereocenters. The molecule has 0 aliphatic rings. The van der Waals surface area contributed by atoms with Gasteiger partial charge in [-0.15, -0.1) is 0 Å². The van der Waals surface area contributed by atoms with E-state index in [1.165, 1.54) is 5.56 Å². The maximum absolute atomic E-state index is 12.5. The SMILES string of the molecule is Cc1ccc(C(CN)NC(=O)c2ccc3cnccc3c2)cc1. The first-order chi connectivity index (χ1) is 11.2. The molecule has 1 heterocycles. The third kappa shape index (κ3) is 3.38. The number of aromatic nitrogens is 1. The minimum atomic E-state index is -0.198. The van der Waals surface area contributed by atoms with Gasteiger partial charge in [0.1, 0.15) is 0 Å². The van der Waals surface area contributed by atoms with E-state index in [-0.39, 0.29) is 11.9 Å². The van der Waals surface area contributed by atoms with Crippen molar-refractivity contribution in [3.63, 3.8) is 0 Å². The van der Waals surface area contributed by atoms with E-state index in [4.69, 9.17) is 5.73 Å². The molecule has 4 heteroatoms. The number of rotatable bonds is 4. The molecule has 116 valence electrons. The number of fused-ring (bicyclic) bond motifs is 1. The normalized spacial score (nSPS) is 12.1. The number of amides is 1. The van der Waals surface area contributed by atoms with E-state index in [0.29, 0.717) is 12.1 Å². The summed E-state index contributed by atoms with van der Waals surface area (Å²) in [5.74, 6) is -0.125. The zero-order chi connectivity index (χ0) is 16.2. The molecule has 0 saturated heterocycles. The molecular weight excluding hydrogens is 286 g/mol. The highest BCUT2D eigenvalue weighted by molar-refractivity contribution is 5.98. The highest BCUT2D eigenvalue weighted by Gasteiger charge is 2.14. The molecule has 0 saturated carbocycles. The van der Waals surface area contributed by atoms with Gasteiger partial charge in [0.25, 0.3) is 5.91 Å².